The van der Waals surface area contributed by atoms with E-state index >= 15 is 0 Å². The SMILES string of the molecule is CCNC(=NCCCOC)N1CCCC1. The van der Waals surface area contributed by atoms with Gasteiger partial charge in [0.2, 0.25) is 0 Å². The zero-order valence-electron chi connectivity index (χ0n) is 9.96. The van der Waals surface area contributed by atoms with Gasteiger partial charge in [0.15, 0.2) is 5.96 Å². The Morgan fingerprint density at radius 1 is 1.40 bits per heavy atom. The van der Waals surface area contributed by atoms with Crippen LogP contribution in [0.5, 0.6) is 0 Å². The number of rotatable bonds is 5. The summed E-state index contributed by atoms with van der Waals surface area (Å²) in [5.74, 6) is 1.08. The van der Waals surface area contributed by atoms with E-state index in [0.717, 1.165) is 45.2 Å². The summed E-state index contributed by atoms with van der Waals surface area (Å²) in [7, 11) is 1.73. The van der Waals surface area contributed by atoms with E-state index in [2.05, 4.69) is 22.1 Å². The molecule has 15 heavy (non-hydrogen) atoms. The van der Waals surface area contributed by atoms with Crippen LogP contribution >= 0.6 is 0 Å². The fraction of sp³-hybridized carbons (Fsp3) is 0.909. The quantitative estimate of drug-likeness (QED) is 0.422. The molecule has 0 aromatic rings. The van der Waals surface area contributed by atoms with Crippen molar-refractivity contribution in [2.45, 2.75) is 26.2 Å². The molecule has 0 atom stereocenters. The number of likely N-dealkylation sites (tertiary alicyclic amines) is 1. The van der Waals surface area contributed by atoms with Crippen LogP contribution < -0.4 is 5.32 Å². The second-order valence-electron chi connectivity index (χ2n) is 3.78. The topological polar surface area (TPSA) is 36.9 Å². The minimum Gasteiger partial charge on any atom is -0.385 e. The molecular weight excluding hydrogens is 190 g/mol. The first-order valence-electron chi connectivity index (χ1n) is 5.90. The Labute approximate surface area is 92.7 Å². The predicted molar refractivity (Wildman–Crippen MR) is 63.3 cm³/mol. The average molecular weight is 213 g/mol. The second kappa shape index (κ2) is 7.51. The summed E-state index contributed by atoms with van der Waals surface area (Å²) in [4.78, 5) is 6.93. The van der Waals surface area contributed by atoms with Gasteiger partial charge < -0.3 is 15.0 Å². The average Bonchev–Trinajstić information content (AvgIpc) is 2.76. The number of methoxy groups -OCH3 is 1. The smallest absolute Gasteiger partial charge is 0.193 e. The maximum Gasteiger partial charge on any atom is 0.193 e. The minimum atomic E-state index is 0.795. The summed E-state index contributed by atoms with van der Waals surface area (Å²) in [6, 6.07) is 0. The molecule has 0 saturated carbocycles. The highest BCUT2D eigenvalue weighted by molar-refractivity contribution is 5.80. The lowest BCUT2D eigenvalue weighted by molar-refractivity contribution is 0.197. The first-order valence-corrected chi connectivity index (χ1v) is 5.90. The van der Waals surface area contributed by atoms with Crippen LogP contribution in [-0.2, 0) is 4.74 Å². The summed E-state index contributed by atoms with van der Waals surface area (Å²) in [6.45, 7) is 7.00. The molecule has 1 fully saturated rings. The summed E-state index contributed by atoms with van der Waals surface area (Å²) >= 11 is 0. The highest BCUT2D eigenvalue weighted by atomic mass is 16.5. The number of ether oxygens (including phenoxy) is 1. The molecule has 0 aromatic heterocycles. The van der Waals surface area contributed by atoms with Gasteiger partial charge in [0, 0.05) is 39.9 Å². The van der Waals surface area contributed by atoms with Crippen LogP contribution in [0.4, 0.5) is 0 Å². The van der Waals surface area contributed by atoms with E-state index in [4.69, 9.17) is 4.74 Å². The van der Waals surface area contributed by atoms with Gasteiger partial charge in [-0.2, -0.15) is 0 Å². The molecule has 0 aliphatic carbocycles. The minimum absolute atomic E-state index is 0.795. The zero-order valence-corrected chi connectivity index (χ0v) is 9.96. The molecule has 0 amide bonds. The second-order valence-corrected chi connectivity index (χ2v) is 3.78. The zero-order chi connectivity index (χ0) is 10.9. The van der Waals surface area contributed by atoms with Crippen molar-refractivity contribution in [2.75, 3.05) is 39.9 Å². The highest BCUT2D eigenvalue weighted by Gasteiger charge is 2.14. The van der Waals surface area contributed by atoms with Crippen molar-refractivity contribution in [3.05, 3.63) is 0 Å². The van der Waals surface area contributed by atoms with E-state index in [0.29, 0.717) is 0 Å². The summed E-state index contributed by atoms with van der Waals surface area (Å²) in [5, 5.41) is 3.34. The maximum atomic E-state index is 5.01. The van der Waals surface area contributed by atoms with E-state index in [9.17, 15) is 0 Å². The molecule has 1 rings (SSSR count). The molecule has 1 aliphatic heterocycles. The van der Waals surface area contributed by atoms with Gasteiger partial charge in [-0.25, -0.2) is 0 Å². The van der Waals surface area contributed by atoms with Gasteiger partial charge in [-0.05, 0) is 26.2 Å². The first-order chi connectivity index (χ1) is 7.38. The van der Waals surface area contributed by atoms with Crippen molar-refractivity contribution in [1.82, 2.24) is 10.2 Å². The third-order valence-corrected chi connectivity index (χ3v) is 2.51. The molecule has 1 saturated heterocycles. The molecule has 0 unspecified atom stereocenters. The molecule has 0 spiro atoms. The van der Waals surface area contributed by atoms with Crippen molar-refractivity contribution < 1.29 is 4.74 Å². The summed E-state index contributed by atoms with van der Waals surface area (Å²) in [5.41, 5.74) is 0. The van der Waals surface area contributed by atoms with Crippen LogP contribution in [0.15, 0.2) is 4.99 Å². The van der Waals surface area contributed by atoms with E-state index < -0.39 is 0 Å². The van der Waals surface area contributed by atoms with Gasteiger partial charge in [-0.3, -0.25) is 4.99 Å². The largest absolute Gasteiger partial charge is 0.385 e. The Morgan fingerprint density at radius 2 is 2.13 bits per heavy atom. The van der Waals surface area contributed by atoms with Crippen LogP contribution in [0.1, 0.15) is 26.2 Å². The predicted octanol–water partition coefficient (Wildman–Crippen LogP) is 1.08. The third kappa shape index (κ3) is 4.51. The van der Waals surface area contributed by atoms with Gasteiger partial charge in [0.1, 0.15) is 0 Å². The molecule has 88 valence electrons. The van der Waals surface area contributed by atoms with Crippen molar-refractivity contribution in [3.63, 3.8) is 0 Å². The molecule has 1 N–H and O–H groups in total. The van der Waals surface area contributed by atoms with Gasteiger partial charge in [-0.1, -0.05) is 0 Å². The number of hydrogen-bond donors (Lipinski definition) is 1. The summed E-state index contributed by atoms with van der Waals surface area (Å²) in [6.07, 6.45) is 3.59. The number of aliphatic imine (C=N–C) groups is 1. The Kier molecular flexibility index (Phi) is 6.16. The Hall–Kier alpha value is -0.770. The van der Waals surface area contributed by atoms with E-state index in [-0.39, 0.29) is 0 Å². The molecule has 4 heteroatoms. The molecule has 1 heterocycles. The highest BCUT2D eigenvalue weighted by Crippen LogP contribution is 2.07. The lowest BCUT2D eigenvalue weighted by Crippen LogP contribution is -2.39. The molecule has 0 aromatic carbocycles. The lowest BCUT2D eigenvalue weighted by Gasteiger charge is -2.20. The van der Waals surface area contributed by atoms with Crippen molar-refractivity contribution in [1.29, 1.82) is 0 Å². The van der Waals surface area contributed by atoms with E-state index in [1.807, 2.05) is 0 Å². The monoisotopic (exact) mass is 213 g/mol. The van der Waals surface area contributed by atoms with Gasteiger partial charge in [0.05, 0.1) is 0 Å². The fourth-order valence-electron chi connectivity index (χ4n) is 1.75. The Balaban J connectivity index is 2.33. The first kappa shape index (κ1) is 12.3. The molecule has 0 bridgehead atoms. The Bertz CT molecular complexity index is 188. The van der Waals surface area contributed by atoms with Crippen LogP contribution in [0.25, 0.3) is 0 Å². The normalized spacial score (nSPS) is 17.2. The summed E-state index contributed by atoms with van der Waals surface area (Å²) < 4.78 is 5.01. The third-order valence-electron chi connectivity index (χ3n) is 2.51. The molecule has 1 aliphatic rings. The van der Waals surface area contributed by atoms with E-state index in [1.165, 1.54) is 12.8 Å². The van der Waals surface area contributed by atoms with Gasteiger partial charge >= 0.3 is 0 Å². The maximum absolute atomic E-state index is 5.01. The number of nitrogens with zero attached hydrogens (tertiary/aromatic N) is 2. The van der Waals surface area contributed by atoms with Crippen LogP contribution in [0, 0.1) is 0 Å². The number of guanidine groups is 1. The van der Waals surface area contributed by atoms with Crippen molar-refractivity contribution >= 4 is 5.96 Å². The molecule has 0 radical (unpaired) electrons. The molecular formula is C11H23N3O. The van der Waals surface area contributed by atoms with Crippen LogP contribution in [-0.4, -0.2) is 50.8 Å². The van der Waals surface area contributed by atoms with Crippen molar-refractivity contribution in [3.8, 4) is 0 Å². The molecule has 4 nitrogen and oxygen atoms in total. The standard InChI is InChI=1S/C11H23N3O/c1-3-12-11(13-7-6-10-15-2)14-8-4-5-9-14/h3-10H2,1-2H3,(H,12,13). The number of nitrogens with one attached hydrogen (secondary N) is 1. The Morgan fingerprint density at radius 3 is 2.73 bits per heavy atom. The lowest BCUT2D eigenvalue weighted by atomic mass is 10.4. The van der Waals surface area contributed by atoms with E-state index in [1.54, 1.807) is 7.11 Å². The van der Waals surface area contributed by atoms with Crippen molar-refractivity contribution in [2.24, 2.45) is 4.99 Å². The number of hydrogen-bond acceptors (Lipinski definition) is 2. The van der Waals surface area contributed by atoms with Gasteiger partial charge in [-0.15, -0.1) is 0 Å². The fourth-order valence-corrected chi connectivity index (χ4v) is 1.75. The van der Waals surface area contributed by atoms with Gasteiger partial charge in [0.25, 0.3) is 0 Å². The van der Waals surface area contributed by atoms with Crippen LogP contribution in [0.2, 0.25) is 0 Å². The van der Waals surface area contributed by atoms with Crippen LogP contribution in [0.3, 0.4) is 0 Å².